The maximum atomic E-state index is 12.6. The molecule has 1 N–H and O–H groups in total. The number of hydrogen-bond donors (Lipinski definition) is 1. The monoisotopic (exact) mass is 322 g/mol. The Morgan fingerprint density at radius 1 is 1.08 bits per heavy atom. The predicted octanol–water partition coefficient (Wildman–Crippen LogP) is 3.69. The number of piperidine rings is 1. The van der Waals surface area contributed by atoms with Crippen molar-refractivity contribution in [2.45, 2.75) is 38.6 Å². The quantitative estimate of drug-likeness (QED) is 0.935. The maximum Gasteiger partial charge on any atom is 0.251 e. The van der Waals surface area contributed by atoms with Crippen LogP contribution in [0.2, 0.25) is 0 Å². The number of nitrogens with zero attached hydrogens (tertiary/aromatic N) is 1. The zero-order valence-electron chi connectivity index (χ0n) is 14.2. The molecule has 3 nitrogen and oxygen atoms in total. The van der Waals surface area contributed by atoms with Gasteiger partial charge in [-0.1, -0.05) is 43.2 Å². The van der Waals surface area contributed by atoms with E-state index in [2.05, 4.69) is 23.5 Å². The molecular weight excluding hydrogens is 296 g/mol. The summed E-state index contributed by atoms with van der Waals surface area (Å²) in [5, 5.41) is 3.59. The molecule has 1 saturated heterocycles. The fourth-order valence-electron chi connectivity index (χ4n) is 4.72. The van der Waals surface area contributed by atoms with Crippen LogP contribution in [-0.4, -0.2) is 17.7 Å². The van der Waals surface area contributed by atoms with E-state index in [9.17, 15) is 4.79 Å². The van der Waals surface area contributed by atoms with Crippen molar-refractivity contribution >= 4 is 0 Å². The average molecular weight is 322 g/mol. The summed E-state index contributed by atoms with van der Waals surface area (Å²) in [7, 11) is 0. The van der Waals surface area contributed by atoms with Gasteiger partial charge in [-0.15, -0.1) is 0 Å². The molecular formula is C21H26N2O. The third-order valence-electron chi connectivity index (χ3n) is 6.13. The van der Waals surface area contributed by atoms with Gasteiger partial charge in [0.1, 0.15) is 0 Å². The fraction of sp³-hybridized carbons (Fsp3) is 0.476. The zero-order valence-corrected chi connectivity index (χ0v) is 14.2. The lowest BCUT2D eigenvalue weighted by Crippen LogP contribution is -2.47. The molecule has 1 aromatic heterocycles. The minimum Gasteiger partial charge on any atom is -0.316 e. The highest BCUT2D eigenvalue weighted by atomic mass is 16.1. The predicted molar refractivity (Wildman–Crippen MR) is 98.0 cm³/mol. The normalized spacial score (nSPS) is 22.8. The number of aromatic nitrogens is 1. The average Bonchev–Trinajstić information content (AvgIpc) is 3.08. The highest BCUT2D eigenvalue weighted by Gasteiger charge is 2.42. The SMILES string of the molecule is O=c1cc(-c2ccccc2)ccn1CC1CCNCC12CCCC2. The van der Waals surface area contributed by atoms with Gasteiger partial charge < -0.3 is 9.88 Å². The summed E-state index contributed by atoms with van der Waals surface area (Å²) in [5.74, 6) is 0.626. The van der Waals surface area contributed by atoms with E-state index in [1.807, 2.05) is 29.0 Å². The van der Waals surface area contributed by atoms with Crippen molar-refractivity contribution in [3.8, 4) is 11.1 Å². The molecule has 4 rings (SSSR count). The Labute approximate surface area is 143 Å². The van der Waals surface area contributed by atoms with E-state index in [1.54, 1.807) is 6.07 Å². The summed E-state index contributed by atoms with van der Waals surface area (Å²) in [6.45, 7) is 3.09. The highest BCUT2D eigenvalue weighted by molar-refractivity contribution is 5.62. The summed E-state index contributed by atoms with van der Waals surface area (Å²) in [6.07, 6.45) is 8.52. The molecule has 0 radical (unpaired) electrons. The lowest BCUT2D eigenvalue weighted by atomic mass is 9.70. The largest absolute Gasteiger partial charge is 0.316 e. The van der Waals surface area contributed by atoms with Gasteiger partial charge in [0.05, 0.1) is 0 Å². The molecule has 1 aliphatic carbocycles. The molecule has 0 bridgehead atoms. The van der Waals surface area contributed by atoms with Crippen LogP contribution in [0.3, 0.4) is 0 Å². The molecule has 1 saturated carbocycles. The number of rotatable bonds is 3. The van der Waals surface area contributed by atoms with Crippen LogP contribution in [0.5, 0.6) is 0 Å². The first-order valence-electron chi connectivity index (χ1n) is 9.24. The van der Waals surface area contributed by atoms with Crippen molar-refractivity contribution in [3.63, 3.8) is 0 Å². The first-order chi connectivity index (χ1) is 11.8. The van der Waals surface area contributed by atoms with E-state index in [1.165, 1.54) is 32.1 Å². The van der Waals surface area contributed by atoms with Gasteiger partial charge >= 0.3 is 0 Å². The molecule has 24 heavy (non-hydrogen) atoms. The van der Waals surface area contributed by atoms with Crippen LogP contribution in [0.1, 0.15) is 32.1 Å². The van der Waals surface area contributed by atoms with E-state index in [0.29, 0.717) is 11.3 Å². The molecule has 1 aliphatic heterocycles. The molecule has 2 aliphatic rings. The molecule has 2 aromatic rings. The van der Waals surface area contributed by atoms with Gasteiger partial charge in [-0.05, 0) is 54.3 Å². The Kier molecular flexibility index (Phi) is 4.28. The molecule has 3 heteroatoms. The van der Waals surface area contributed by atoms with Gasteiger partial charge in [0.25, 0.3) is 5.56 Å². The number of hydrogen-bond acceptors (Lipinski definition) is 2. The second-order valence-electron chi connectivity index (χ2n) is 7.50. The molecule has 1 atom stereocenters. The zero-order chi connectivity index (χ0) is 16.4. The van der Waals surface area contributed by atoms with E-state index < -0.39 is 0 Å². The standard InChI is InChI=1S/C21H26N2O/c24-20-14-18(17-6-2-1-3-7-17)9-13-23(20)15-19-8-12-22-16-21(19)10-4-5-11-21/h1-3,6-7,9,13-14,19,22H,4-5,8,10-12,15-16H2. The third-order valence-corrected chi connectivity index (χ3v) is 6.13. The van der Waals surface area contributed by atoms with Crippen molar-refractivity contribution in [1.29, 1.82) is 0 Å². The van der Waals surface area contributed by atoms with Gasteiger partial charge in [-0.2, -0.15) is 0 Å². The van der Waals surface area contributed by atoms with Crippen molar-refractivity contribution in [2.75, 3.05) is 13.1 Å². The third kappa shape index (κ3) is 2.93. The van der Waals surface area contributed by atoms with Gasteiger partial charge in [0.15, 0.2) is 0 Å². The number of pyridine rings is 1. The highest BCUT2D eigenvalue weighted by Crippen LogP contribution is 2.47. The van der Waals surface area contributed by atoms with E-state index in [0.717, 1.165) is 30.8 Å². The Hall–Kier alpha value is -1.87. The smallest absolute Gasteiger partial charge is 0.251 e. The van der Waals surface area contributed by atoms with Gasteiger partial charge in [0, 0.05) is 25.4 Å². The second kappa shape index (κ2) is 6.56. The van der Waals surface area contributed by atoms with Crippen molar-refractivity contribution in [1.82, 2.24) is 9.88 Å². The number of benzene rings is 1. The van der Waals surface area contributed by atoms with Crippen LogP contribution in [0.25, 0.3) is 11.1 Å². The molecule has 2 heterocycles. The van der Waals surface area contributed by atoms with Crippen molar-refractivity contribution < 1.29 is 0 Å². The summed E-state index contributed by atoms with van der Waals surface area (Å²) in [5.41, 5.74) is 2.67. The van der Waals surface area contributed by atoms with Crippen LogP contribution in [0, 0.1) is 11.3 Å². The van der Waals surface area contributed by atoms with Crippen LogP contribution >= 0.6 is 0 Å². The first-order valence-corrected chi connectivity index (χ1v) is 9.24. The summed E-state index contributed by atoms with van der Waals surface area (Å²) in [6, 6.07) is 14.0. The summed E-state index contributed by atoms with van der Waals surface area (Å²) >= 11 is 0. The minimum absolute atomic E-state index is 0.128. The van der Waals surface area contributed by atoms with Crippen LogP contribution in [-0.2, 0) is 6.54 Å². The topological polar surface area (TPSA) is 34.0 Å². The Bertz CT molecular complexity index is 744. The number of nitrogens with one attached hydrogen (secondary N) is 1. The van der Waals surface area contributed by atoms with Crippen molar-refractivity contribution in [2.24, 2.45) is 11.3 Å². The molecule has 0 amide bonds. The Morgan fingerprint density at radius 3 is 2.62 bits per heavy atom. The second-order valence-corrected chi connectivity index (χ2v) is 7.50. The van der Waals surface area contributed by atoms with E-state index in [-0.39, 0.29) is 5.56 Å². The van der Waals surface area contributed by atoms with Gasteiger partial charge in [-0.25, -0.2) is 0 Å². The lowest BCUT2D eigenvalue weighted by molar-refractivity contribution is 0.101. The maximum absolute atomic E-state index is 12.6. The van der Waals surface area contributed by atoms with Crippen LogP contribution in [0.15, 0.2) is 53.5 Å². The van der Waals surface area contributed by atoms with Crippen LogP contribution in [0.4, 0.5) is 0 Å². The van der Waals surface area contributed by atoms with Crippen molar-refractivity contribution in [3.05, 3.63) is 59.0 Å². The van der Waals surface area contributed by atoms with Gasteiger partial charge in [-0.3, -0.25) is 4.79 Å². The first kappa shape index (κ1) is 15.6. The summed E-state index contributed by atoms with van der Waals surface area (Å²) in [4.78, 5) is 12.6. The van der Waals surface area contributed by atoms with E-state index >= 15 is 0 Å². The van der Waals surface area contributed by atoms with Crippen LogP contribution < -0.4 is 10.9 Å². The van der Waals surface area contributed by atoms with Gasteiger partial charge in [0.2, 0.25) is 0 Å². The lowest BCUT2D eigenvalue weighted by Gasteiger charge is -2.42. The molecule has 126 valence electrons. The Balaban J connectivity index is 1.57. The molecule has 1 aromatic carbocycles. The van der Waals surface area contributed by atoms with E-state index in [4.69, 9.17) is 0 Å². The molecule has 1 spiro atoms. The Morgan fingerprint density at radius 2 is 1.88 bits per heavy atom. The summed E-state index contributed by atoms with van der Waals surface area (Å²) < 4.78 is 1.93. The molecule has 2 fully saturated rings. The minimum atomic E-state index is 0.128. The fourth-order valence-corrected chi connectivity index (χ4v) is 4.72. The molecule has 1 unspecified atom stereocenters.